The van der Waals surface area contributed by atoms with E-state index in [4.69, 9.17) is 4.42 Å². The summed E-state index contributed by atoms with van der Waals surface area (Å²) < 4.78 is 20.9. The van der Waals surface area contributed by atoms with Crippen LogP contribution in [0.2, 0.25) is 0 Å². The van der Waals surface area contributed by atoms with Gasteiger partial charge in [-0.2, -0.15) is 0 Å². The molecule has 0 amide bonds. The zero-order valence-electron chi connectivity index (χ0n) is 13.1. The topological polar surface area (TPSA) is 103 Å². The summed E-state index contributed by atoms with van der Waals surface area (Å²) in [5.74, 6) is -0.727. The molecule has 2 aromatic carbocycles. The fourth-order valence-electron chi connectivity index (χ4n) is 2.10. The van der Waals surface area contributed by atoms with Crippen LogP contribution in [0.3, 0.4) is 0 Å². The maximum absolute atomic E-state index is 12.4. The standard InChI is InChI=1S/C15H11O6P.2Na/c16-13-11-8-4-5-9-12(11)20-14(10-6-2-1-3-7-10)15(13)21-22(17,18)19;;/h1-9H,(H2,17,18,19);;/q;2*+1/p-2. The Morgan fingerprint density at radius 3 is 2.12 bits per heavy atom. The molecule has 9 heteroatoms. The van der Waals surface area contributed by atoms with E-state index in [2.05, 4.69) is 4.52 Å². The van der Waals surface area contributed by atoms with Crippen molar-refractivity contribution in [3.8, 4) is 17.1 Å². The van der Waals surface area contributed by atoms with Gasteiger partial charge in [0.15, 0.2) is 5.76 Å². The Kier molecular flexibility index (Phi) is 7.94. The maximum Gasteiger partial charge on any atom is 1.00 e. The van der Waals surface area contributed by atoms with Gasteiger partial charge < -0.3 is 23.3 Å². The Balaban J connectivity index is 0.00000144. The molecule has 3 rings (SSSR count). The van der Waals surface area contributed by atoms with Crippen LogP contribution in [0.25, 0.3) is 22.3 Å². The van der Waals surface area contributed by atoms with E-state index in [9.17, 15) is 19.1 Å². The van der Waals surface area contributed by atoms with Crippen molar-refractivity contribution < 1.29 is 82.4 Å². The van der Waals surface area contributed by atoms with E-state index in [1.165, 1.54) is 6.07 Å². The number of fused-ring (bicyclic) bond motifs is 1. The van der Waals surface area contributed by atoms with E-state index in [0.717, 1.165) is 0 Å². The third-order valence-corrected chi connectivity index (χ3v) is 3.40. The van der Waals surface area contributed by atoms with Crippen molar-refractivity contribution in [2.24, 2.45) is 0 Å². The van der Waals surface area contributed by atoms with Crippen LogP contribution in [0, 0.1) is 0 Å². The molecule has 0 N–H and O–H groups in total. The van der Waals surface area contributed by atoms with E-state index < -0.39 is 19.0 Å². The van der Waals surface area contributed by atoms with Crippen LogP contribution in [0.15, 0.2) is 63.8 Å². The molecule has 0 aliphatic carbocycles. The number of para-hydroxylation sites is 1. The van der Waals surface area contributed by atoms with Crippen LogP contribution in [0.1, 0.15) is 0 Å². The second-order valence-electron chi connectivity index (χ2n) is 4.49. The molecule has 0 atom stereocenters. The predicted octanol–water partition coefficient (Wildman–Crippen LogP) is -4.32. The first-order chi connectivity index (χ1) is 10.5. The van der Waals surface area contributed by atoms with Crippen LogP contribution in [0.4, 0.5) is 0 Å². The van der Waals surface area contributed by atoms with Gasteiger partial charge in [0.05, 0.1) is 5.39 Å². The van der Waals surface area contributed by atoms with Gasteiger partial charge in [-0.25, -0.2) is 0 Å². The van der Waals surface area contributed by atoms with Gasteiger partial charge in [-0.05, 0) is 12.1 Å². The normalized spacial score (nSPS) is 10.6. The number of rotatable bonds is 3. The molecule has 0 aliphatic heterocycles. The van der Waals surface area contributed by atoms with Gasteiger partial charge in [0.1, 0.15) is 13.4 Å². The van der Waals surface area contributed by atoms with Crippen molar-refractivity contribution in [2.45, 2.75) is 0 Å². The number of phosphoric acid groups is 1. The minimum atomic E-state index is -5.40. The summed E-state index contributed by atoms with van der Waals surface area (Å²) >= 11 is 0. The van der Waals surface area contributed by atoms with Gasteiger partial charge in [-0.15, -0.1) is 0 Å². The van der Waals surface area contributed by atoms with E-state index in [1.54, 1.807) is 48.5 Å². The molecule has 0 saturated carbocycles. The van der Waals surface area contributed by atoms with Crippen LogP contribution >= 0.6 is 7.82 Å². The fraction of sp³-hybridized carbons (Fsp3) is 0. The van der Waals surface area contributed by atoms with Gasteiger partial charge in [-0.1, -0.05) is 42.5 Å². The maximum atomic E-state index is 12.4. The van der Waals surface area contributed by atoms with Crippen molar-refractivity contribution >= 4 is 18.8 Å². The molecule has 0 fully saturated rings. The molecule has 0 spiro atoms. The van der Waals surface area contributed by atoms with Crippen molar-refractivity contribution in [3.63, 3.8) is 0 Å². The Morgan fingerprint density at radius 2 is 1.50 bits per heavy atom. The summed E-state index contributed by atoms with van der Waals surface area (Å²) in [6.07, 6.45) is 0. The Labute approximate surface area is 181 Å². The SMILES string of the molecule is O=c1c(OP(=O)([O-])[O-])c(-c2ccccc2)oc2ccccc12.[Na+].[Na+]. The molecule has 3 aromatic rings. The van der Waals surface area contributed by atoms with Gasteiger partial charge in [0, 0.05) is 5.56 Å². The largest absolute Gasteiger partial charge is 1.00 e. The Hall–Kier alpha value is -0.400. The van der Waals surface area contributed by atoms with E-state index in [0.29, 0.717) is 5.56 Å². The summed E-state index contributed by atoms with van der Waals surface area (Å²) in [7, 11) is -5.40. The van der Waals surface area contributed by atoms with E-state index in [-0.39, 0.29) is 75.8 Å². The van der Waals surface area contributed by atoms with E-state index in [1.807, 2.05) is 0 Å². The summed E-state index contributed by atoms with van der Waals surface area (Å²) in [6, 6.07) is 14.6. The Bertz CT molecular complexity index is 936. The third kappa shape index (κ3) is 4.82. The van der Waals surface area contributed by atoms with Crippen LogP contribution in [0.5, 0.6) is 5.75 Å². The number of benzene rings is 2. The predicted molar refractivity (Wildman–Crippen MR) is 76.2 cm³/mol. The molecule has 0 bridgehead atoms. The molecule has 112 valence electrons. The Morgan fingerprint density at radius 1 is 0.917 bits per heavy atom. The molecule has 0 aliphatic rings. The van der Waals surface area contributed by atoms with Crippen molar-refractivity contribution in [1.82, 2.24) is 0 Å². The first-order valence-corrected chi connectivity index (χ1v) is 7.75. The first-order valence-electron chi connectivity index (χ1n) is 6.28. The minimum absolute atomic E-state index is 0. The molecular formula is C15H9Na2O6P. The molecule has 0 unspecified atom stereocenters. The number of hydrogen-bond donors (Lipinski definition) is 0. The molecular weight excluding hydrogens is 353 g/mol. The van der Waals surface area contributed by atoms with Crippen molar-refractivity contribution in [3.05, 3.63) is 64.8 Å². The molecule has 0 radical (unpaired) electrons. The van der Waals surface area contributed by atoms with Crippen molar-refractivity contribution in [1.29, 1.82) is 0 Å². The summed E-state index contributed by atoms with van der Waals surface area (Å²) in [5, 5.41) is 0.130. The quantitative estimate of drug-likeness (QED) is 0.345. The summed E-state index contributed by atoms with van der Waals surface area (Å²) in [5.41, 5.74) is -0.0215. The monoisotopic (exact) mass is 362 g/mol. The van der Waals surface area contributed by atoms with Gasteiger partial charge in [0.25, 0.3) is 0 Å². The van der Waals surface area contributed by atoms with Crippen LogP contribution in [-0.4, -0.2) is 0 Å². The van der Waals surface area contributed by atoms with Gasteiger partial charge in [-0.3, -0.25) is 4.79 Å². The van der Waals surface area contributed by atoms with E-state index >= 15 is 0 Å². The van der Waals surface area contributed by atoms with Gasteiger partial charge in [0.2, 0.25) is 11.2 Å². The number of hydrogen-bond acceptors (Lipinski definition) is 6. The fourth-order valence-corrected chi connectivity index (χ4v) is 2.49. The second kappa shape index (κ2) is 8.81. The third-order valence-electron chi connectivity index (χ3n) is 3.00. The minimum Gasteiger partial charge on any atom is -0.780 e. The number of phosphoric ester groups is 1. The second-order valence-corrected chi connectivity index (χ2v) is 5.57. The van der Waals surface area contributed by atoms with Crippen LogP contribution in [-0.2, 0) is 4.57 Å². The average molecular weight is 362 g/mol. The summed E-state index contributed by atoms with van der Waals surface area (Å²) in [6.45, 7) is 0. The van der Waals surface area contributed by atoms with Crippen molar-refractivity contribution in [2.75, 3.05) is 0 Å². The molecule has 1 aromatic heterocycles. The summed E-state index contributed by atoms with van der Waals surface area (Å²) in [4.78, 5) is 34.3. The zero-order chi connectivity index (χ0) is 15.7. The molecule has 24 heavy (non-hydrogen) atoms. The van der Waals surface area contributed by atoms with Gasteiger partial charge >= 0.3 is 59.1 Å². The molecule has 1 heterocycles. The van der Waals surface area contributed by atoms with Crippen LogP contribution < -0.4 is 78.9 Å². The molecule has 6 nitrogen and oxygen atoms in total. The molecule has 0 saturated heterocycles. The zero-order valence-corrected chi connectivity index (χ0v) is 18.0. The smallest absolute Gasteiger partial charge is 0.780 e. The average Bonchev–Trinajstić information content (AvgIpc) is 2.50. The first kappa shape index (κ1) is 21.6.